The molecule has 8 nitrogen and oxygen atoms in total. The molecule has 1 aliphatic carbocycles. The maximum absolute atomic E-state index is 13.4. The van der Waals surface area contributed by atoms with Crippen LogP contribution in [0, 0.1) is 18.1 Å². The van der Waals surface area contributed by atoms with E-state index in [1.165, 1.54) is 30.9 Å². The first-order chi connectivity index (χ1) is 20.7. The number of amidine groups is 1. The molecule has 2 aromatic carbocycles. The van der Waals surface area contributed by atoms with Crippen molar-refractivity contribution < 1.29 is 18.3 Å². The van der Waals surface area contributed by atoms with E-state index in [9.17, 15) is 13.6 Å². The number of piperazine rings is 1. The molecule has 1 amide bonds. The van der Waals surface area contributed by atoms with Crippen LogP contribution in [0.2, 0.25) is 0 Å². The highest BCUT2D eigenvalue weighted by atomic mass is 19.1. The van der Waals surface area contributed by atoms with Crippen LogP contribution in [0.3, 0.4) is 0 Å². The molecule has 229 valence electrons. The second kappa shape index (κ2) is 15.8. The number of amides is 1. The number of ether oxygens (including phenoxy) is 1. The second-order valence-electron chi connectivity index (χ2n) is 9.62. The number of nitrogens with zero attached hydrogens (tertiary/aromatic N) is 6. The van der Waals surface area contributed by atoms with Gasteiger partial charge in [0.1, 0.15) is 11.6 Å². The molecule has 0 saturated carbocycles. The number of benzene rings is 2. The van der Waals surface area contributed by atoms with Crippen molar-refractivity contribution in [3.63, 3.8) is 0 Å². The Labute approximate surface area is 253 Å². The van der Waals surface area contributed by atoms with E-state index in [0.717, 1.165) is 43.3 Å². The number of anilines is 1. The molecule has 2 aliphatic rings. The Morgan fingerprint density at radius 1 is 1.00 bits per heavy atom. The molecule has 2 heterocycles. The summed E-state index contributed by atoms with van der Waals surface area (Å²) in [6.07, 6.45) is 4.74. The zero-order chi connectivity index (χ0) is 31.5. The van der Waals surface area contributed by atoms with Gasteiger partial charge in [-0.1, -0.05) is 26.8 Å². The number of halogens is 2. The van der Waals surface area contributed by atoms with Crippen LogP contribution < -0.4 is 9.64 Å². The predicted octanol–water partition coefficient (Wildman–Crippen LogP) is 5.97. The van der Waals surface area contributed by atoms with Crippen molar-refractivity contribution >= 4 is 28.8 Å². The van der Waals surface area contributed by atoms with E-state index in [1.54, 1.807) is 38.2 Å². The number of carbonyl (C=O) groups excluding carboxylic acids is 1. The molecule has 1 aromatic heterocycles. The van der Waals surface area contributed by atoms with Crippen LogP contribution in [0.5, 0.6) is 5.75 Å². The van der Waals surface area contributed by atoms with E-state index in [0.29, 0.717) is 23.5 Å². The number of hydrogen-bond donors (Lipinski definition) is 0. The van der Waals surface area contributed by atoms with Crippen LogP contribution in [0.1, 0.15) is 50.9 Å². The number of hydrogen-bond acceptors (Lipinski definition) is 5. The topological polar surface area (TPSA) is 75.3 Å². The smallest absolute Gasteiger partial charge is 0.222 e. The van der Waals surface area contributed by atoms with Gasteiger partial charge in [-0.05, 0) is 60.5 Å². The summed E-state index contributed by atoms with van der Waals surface area (Å²) in [6.45, 7) is 11.1. The molecule has 5 rings (SSSR count). The Bertz CT molecular complexity index is 1470. The minimum atomic E-state index is -0.429. The first-order valence-electron chi connectivity index (χ1n) is 14.5. The zero-order valence-corrected chi connectivity index (χ0v) is 26.1. The highest BCUT2D eigenvalue weighted by Crippen LogP contribution is 2.31. The fourth-order valence-electron chi connectivity index (χ4n) is 4.47. The van der Waals surface area contributed by atoms with Gasteiger partial charge in [0.15, 0.2) is 17.4 Å². The summed E-state index contributed by atoms with van der Waals surface area (Å²) >= 11 is 0. The van der Waals surface area contributed by atoms with Crippen LogP contribution in [0.15, 0.2) is 64.6 Å². The Kier molecular flexibility index (Phi) is 12.2. The lowest BCUT2D eigenvalue weighted by Crippen LogP contribution is -2.49. The molecule has 0 unspecified atom stereocenters. The van der Waals surface area contributed by atoms with Crippen molar-refractivity contribution in [3.8, 4) is 5.75 Å². The molecule has 1 fully saturated rings. The molecule has 1 aliphatic heterocycles. The Hall–Kier alpha value is -4.34. The van der Waals surface area contributed by atoms with Crippen molar-refractivity contribution in [3.05, 3.63) is 89.5 Å². The summed E-state index contributed by atoms with van der Waals surface area (Å²) in [5, 5.41) is 4.51. The third kappa shape index (κ3) is 8.83. The van der Waals surface area contributed by atoms with E-state index in [4.69, 9.17) is 4.74 Å². The van der Waals surface area contributed by atoms with Crippen molar-refractivity contribution in [2.24, 2.45) is 17.0 Å². The quantitative estimate of drug-likeness (QED) is 0.262. The summed E-state index contributed by atoms with van der Waals surface area (Å²) in [5.74, 6) is 1.28. The molecule has 0 atom stereocenters. The Morgan fingerprint density at radius 2 is 1.63 bits per heavy atom. The number of methoxy groups -OCH3 is 1. The third-order valence-electron chi connectivity index (χ3n) is 6.90. The predicted molar refractivity (Wildman–Crippen MR) is 170 cm³/mol. The highest BCUT2D eigenvalue weighted by Gasteiger charge is 2.24. The normalized spacial score (nSPS) is 14.7. The summed E-state index contributed by atoms with van der Waals surface area (Å²) in [4.78, 5) is 24.5. The number of aromatic nitrogens is 2. The first-order valence-corrected chi connectivity index (χ1v) is 14.5. The first kappa shape index (κ1) is 33.2. The maximum Gasteiger partial charge on any atom is 0.222 e. The average molecular weight is 592 g/mol. The van der Waals surface area contributed by atoms with Gasteiger partial charge in [0, 0.05) is 70.5 Å². The van der Waals surface area contributed by atoms with Crippen LogP contribution >= 0.6 is 0 Å². The van der Waals surface area contributed by atoms with Gasteiger partial charge in [0.2, 0.25) is 5.91 Å². The van der Waals surface area contributed by atoms with Crippen LogP contribution in [-0.4, -0.2) is 72.5 Å². The Balaban J connectivity index is 0.000000224. The van der Waals surface area contributed by atoms with E-state index in [-0.39, 0.29) is 17.5 Å². The molecule has 43 heavy (non-hydrogen) atoms. The SMILES string of the molecule is CC.CCC(=O)N1CCN(c2cc(C3=C[CH]3)nn2C)CC1.CN=C(N=C(C)c1ccc(F)c(OC)c1)c1ccc(F)cc1. The minimum Gasteiger partial charge on any atom is -0.494 e. The van der Waals surface area contributed by atoms with Gasteiger partial charge in [-0.15, -0.1) is 0 Å². The number of carbonyl (C=O) groups is 1. The van der Waals surface area contributed by atoms with Gasteiger partial charge in [-0.25, -0.2) is 13.8 Å². The van der Waals surface area contributed by atoms with Crippen molar-refractivity contribution in [1.29, 1.82) is 0 Å². The lowest BCUT2D eigenvalue weighted by atomic mass is 10.1. The van der Waals surface area contributed by atoms with Gasteiger partial charge in [-0.3, -0.25) is 14.5 Å². The van der Waals surface area contributed by atoms with Gasteiger partial charge >= 0.3 is 0 Å². The Morgan fingerprint density at radius 3 is 2.19 bits per heavy atom. The molecule has 10 heteroatoms. The standard InChI is InChI=1S/C17H16F2N2O.C14H19N4O.C2H6/c1-11(13-6-9-15(19)16(10-13)22-3)21-17(20-2)12-4-7-14(18)8-5-12;1-3-14(19)18-8-6-17(7-9-18)13-10-12(11-4-5-11)15-16(13)2;1-2/h4-10H,1-3H3;4-5,10H,3,6-9H2,1-2H3;1-2H3. The van der Waals surface area contributed by atoms with Gasteiger partial charge in [0.25, 0.3) is 0 Å². The summed E-state index contributed by atoms with van der Waals surface area (Å²) in [7, 11) is 5.00. The lowest BCUT2D eigenvalue weighted by Gasteiger charge is -2.35. The number of aliphatic imine (C=N–C) groups is 2. The number of aryl methyl sites for hydroxylation is 1. The third-order valence-corrected chi connectivity index (χ3v) is 6.90. The average Bonchev–Trinajstić information content (AvgIpc) is 3.82. The molecule has 1 saturated heterocycles. The summed E-state index contributed by atoms with van der Waals surface area (Å²) in [6, 6.07) is 12.6. The van der Waals surface area contributed by atoms with E-state index in [2.05, 4.69) is 38.5 Å². The fourth-order valence-corrected chi connectivity index (χ4v) is 4.47. The maximum atomic E-state index is 13.4. The van der Waals surface area contributed by atoms with E-state index < -0.39 is 5.82 Å². The van der Waals surface area contributed by atoms with Crippen molar-refractivity contribution in [1.82, 2.24) is 14.7 Å². The number of allylic oxidation sites excluding steroid dienone is 2. The molecule has 0 spiro atoms. The van der Waals surface area contributed by atoms with Gasteiger partial charge in [0.05, 0.1) is 12.8 Å². The van der Waals surface area contributed by atoms with E-state index >= 15 is 0 Å². The van der Waals surface area contributed by atoms with Crippen LogP contribution in [-0.2, 0) is 11.8 Å². The molecule has 3 aromatic rings. The molecule has 0 bridgehead atoms. The van der Waals surface area contributed by atoms with Crippen molar-refractivity contribution in [2.75, 3.05) is 45.2 Å². The van der Waals surface area contributed by atoms with Crippen LogP contribution in [0.4, 0.5) is 14.6 Å². The monoisotopic (exact) mass is 591 g/mol. The second-order valence-corrected chi connectivity index (χ2v) is 9.62. The van der Waals surface area contributed by atoms with Gasteiger partial charge in [-0.2, -0.15) is 5.10 Å². The zero-order valence-electron chi connectivity index (χ0n) is 26.1. The minimum absolute atomic E-state index is 0.156. The molecule has 1 radical (unpaired) electrons. The lowest BCUT2D eigenvalue weighted by molar-refractivity contribution is -0.131. The number of rotatable bonds is 6. The molecule has 0 N–H and O–H groups in total. The molecular weight excluding hydrogens is 550 g/mol. The van der Waals surface area contributed by atoms with Gasteiger partial charge < -0.3 is 14.5 Å². The summed E-state index contributed by atoms with van der Waals surface area (Å²) in [5.41, 5.74) is 4.35. The summed E-state index contributed by atoms with van der Waals surface area (Å²) < 4.78 is 33.3. The highest BCUT2D eigenvalue weighted by molar-refractivity contribution is 6.11. The van der Waals surface area contributed by atoms with Crippen molar-refractivity contribution in [2.45, 2.75) is 34.1 Å². The van der Waals surface area contributed by atoms with E-state index in [1.807, 2.05) is 37.4 Å². The largest absolute Gasteiger partial charge is 0.494 e. The fraction of sp³-hybridized carbons (Fsp3) is 0.364. The van der Waals surface area contributed by atoms with Crippen LogP contribution in [0.25, 0.3) is 5.57 Å². The molecular formula is C33H41F2N6O2.